The van der Waals surface area contributed by atoms with Gasteiger partial charge in [-0.15, -0.1) is 0 Å². The Morgan fingerprint density at radius 1 is 1.20 bits per heavy atom. The number of nitrogens with zero attached hydrogens (tertiary/aromatic N) is 2. The Labute approximate surface area is 181 Å². The van der Waals surface area contributed by atoms with E-state index in [-0.39, 0.29) is 0 Å². The zero-order valence-corrected chi connectivity index (χ0v) is 19.9. The summed E-state index contributed by atoms with van der Waals surface area (Å²) in [6, 6.07) is 6.15. The molecule has 164 valence electrons. The lowest BCUT2D eigenvalue weighted by Gasteiger charge is -2.23. The van der Waals surface area contributed by atoms with Gasteiger partial charge >= 0.3 is 0 Å². The average molecular weight is 428 g/mol. The van der Waals surface area contributed by atoms with Crippen LogP contribution in [0.15, 0.2) is 24.4 Å². The van der Waals surface area contributed by atoms with E-state index < -0.39 is 8.07 Å². The van der Waals surface area contributed by atoms with Crippen molar-refractivity contribution in [3.05, 3.63) is 30.1 Å². The highest BCUT2D eigenvalue weighted by molar-refractivity contribution is 6.76. The van der Waals surface area contributed by atoms with Gasteiger partial charge in [-0.05, 0) is 56.2 Å². The van der Waals surface area contributed by atoms with Crippen LogP contribution in [0.3, 0.4) is 0 Å². The number of rotatable bonds is 8. The van der Waals surface area contributed by atoms with E-state index in [1.807, 2.05) is 6.20 Å². The second-order valence-electron chi connectivity index (χ2n) is 9.94. The van der Waals surface area contributed by atoms with Gasteiger partial charge in [0.15, 0.2) is 0 Å². The minimum Gasteiger partial charge on any atom is -0.381 e. The largest absolute Gasteiger partial charge is 0.381 e. The molecule has 1 aliphatic carbocycles. The maximum atomic E-state index is 6.20. The van der Waals surface area contributed by atoms with Gasteiger partial charge < -0.3 is 19.4 Å². The summed E-state index contributed by atoms with van der Waals surface area (Å²) in [5, 5.41) is 4.82. The molecule has 2 aliphatic rings. The lowest BCUT2D eigenvalue weighted by atomic mass is 9.97. The third-order valence-electron chi connectivity index (χ3n) is 6.20. The van der Waals surface area contributed by atoms with Crippen LogP contribution in [0.4, 0.5) is 5.82 Å². The van der Waals surface area contributed by atoms with Gasteiger partial charge in [-0.1, -0.05) is 25.7 Å². The molecule has 0 aromatic carbocycles. The van der Waals surface area contributed by atoms with Crippen LogP contribution in [0.2, 0.25) is 25.7 Å². The molecular weight excluding hydrogens is 390 g/mol. The van der Waals surface area contributed by atoms with E-state index in [4.69, 9.17) is 14.5 Å². The van der Waals surface area contributed by atoms with Crippen LogP contribution in [0.5, 0.6) is 0 Å². The Morgan fingerprint density at radius 3 is 2.77 bits per heavy atom. The van der Waals surface area contributed by atoms with Crippen molar-refractivity contribution < 1.29 is 9.47 Å². The van der Waals surface area contributed by atoms with Crippen LogP contribution in [0.25, 0.3) is 16.5 Å². The molecule has 0 atom stereocenters. The Hall–Kier alpha value is -1.63. The summed E-state index contributed by atoms with van der Waals surface area (Å²) in [6.07, 6.45) is 11.4. The molecule has 0 amide bonds. The molecule has 1 N–H and O–H groups in total. The highest BCUT2D eigenvalue weighted by Crippen LogP contribution is 2.32. The fourth-order valence-electron chi connectivity index (χ4n) is 4.30. The standard InChI is InChI=1S/C24H37N3O2Si/c1-30(2,3)14-13-29-18-27-22(19-7-5-4-6-8-19)15-20-17-25-24(16-23(20)27)26-21-9-11-28-12-10-21/h7,15-17,21H,4-6,8-14,18H2,1-3H3,(H,25,26). The summed E-state index contributed by atoms with van der Waals surface area (Å²) in [5.41, 5.74) is 3.99. The topological polar surface area (TPSA) is 48.3 Å². The number of pyridine rings is 1. The molecule has 2 aromatic heterocycles. The molecule has 0 bridgehead atoms. The minimum absolute atomic E-state index is 0.445. The van der Waals surface area contributed by atoms with Crippen molar-refractivity contribution in [3.63, 3.8) is 0 Å². The maximum Gasteiger partial charge on any atom is 0.128 e. The van der Waals surface area contributed by atoms with E-state index in [1.165, 1.54) is 47.5 Å². The molecule has 30 heavy (non-hydrogen) atoms. The summed E-state index contributed by atoms with van der Waals surface area (Å²) >= 11 is 0. The molecule has 5 nitrogen and oxygen atoms in total. The van der Waals surface area contributed by atoms with Gasteiger partial charge in [0.05, 0.1) is 5.52 Å². The molecule has 0 saturated carbocycles. The zero-order valence-electron chi connectivity index (χ0n) is 18.9. The Morgan fingerprint density at radius 2 is 2.03 bits per heavy atom. The average Bonchev–Trinajstić information content (AvgIpc) is 3.10. The quantitative estimate of drug-likeness (QED) is 0.421. The number of hydrogen-bond donors (Lipinski definition) is 1. The fraction of sp³-hybridized carbons (Fsp3) is 0.625. The van der Waals surface area contributed by atoms with Crippen LogP contribution < -0.4 is 5.32 Å². The van der Waals surface area contributed by atoms with E-state index in [0.29, 0.717) is 12.8 Å². The third kappa shape index (κ3) is 5.53. The van der Waals surface area contributed by atoms with Gasteiger partial charge in [0.25, 0.3) is 0 Å². The molecule has 3 heterocycles. The van der Waals surface area contributed by atoms with Crippen LogP contribution in [0.1, 0.15) is 44.2 Å². The summed E-state index contributed by atoms with van der Waals surface area (Å²) in [5.74, 6) is 0.958. The SMILES string of the molecule is C[Si](C)(C)CCOCn1c(C2=CCCCC2)cc2cnc(NC3CCOCC3)cc21. The first-order valence-corrected chi connectivity index (χ1v) is 15.3. The van der Waals surface area contributed by atoms with Gasteiger partial charge in [0.2, 0.25) is 0 Å². The lowest BCUT2D eigenvalue weighted by molar-refractivity contribution is 0.0896. The Bertz CT molecular complexity index is 878. The number of fused-ring (bicyclic) bond motifs is 1. The third-order valence-corrected chi connectivity index (χ3v) is 7.90. The molecule has 1 aliphatic heterocycles. The fourth-order valence-corrected chi connectivity index (χ4v) is 5.05. The normalized spacial score (nSPS) is 18.6. The number of ether oxygens (including phenoxy) is 2. The van der Waals surface area contributed by atoms with E-state index >= 15 is 0 Å². The first-order chi connectivity index (χ1) is 14.5. The summed E-state index contributed by atoms with van der Waals surface area (Å²) in [7, 11) is -1.09. The van der Waals surface area contributed by atoms with E-state index in [0.717, 1.165) is 44.9 Å². The first kappa shape index (κ1) is 21.6. The maximum absolute atomic E-state index is 6.20. The number of hydrogen-bond acceptors (Lipinski definition) is 4. The van der Waals surface area contributed by atoms with Crippen molar-refractivity contribution in [2.45, 2.75) is 77.0 Å². The number of allylic oxidation sites excluding steroid dienone is 2. The second-order valence-corrected chi connectivity index (χ2v) is 15.6. The van der Waals surface area contributed by atoms with Crippen molar-refractivity contribution in [2.75, 3.05) is 25.1 Å². The molecule has 0 radical (unpaired) electrons. The van der Waals surface area contributed by atoms with Crippen molar-refractivity contribution in [3.8, 4) is 0 Å². The van der Waals surface area contributed by atoms with Gasteiger partial charge in [-0.2, -0.15) is 0 Å². The van der Waals surface area contributed by atoms with Crippen molar-refractivity contribution in [1.29, 1.82) is 0 Å². The van der Waals surface area contributed by atoms with Gasteiger partial charge in [0.1, 0.15) is 12.5 Å². The lowest BCUT2D eigenvalue weighted by Crippen LogP contribution is -2.28. The number of nitrogens with one attached hydrogen (secondary N) is 1. The molecule has 4 rings (SSSR count). The number of aromatic nitrogens is 2. The summed E-state index contributed by atoms with van der Waals surface area (Å²) < 4.78 is 14.1. The van der Waals surface area contributed by atoms with E-state index in [9.17, 15) is 0 Å². The van der Waals surface area contributed by atoms with E-state index in [2.05, 4.69) is 47.7 Å². The van der Waals surface area contributed by atoms with E-state index in [1.54, 1.807) is 0 Å². The highest BCUT2D eigenvalue weighted by atomic mass is 28.3. The predicted octanol–water partition coefficient (Wildman–Crippen LogP) is 5.90. The Kier molecular flexibility index (Phi) is 6.96. The van der Waals surface area contributed by atoms with Crippen LogP contribution in [-0.2, 0) is 16.2 Å². The predicted molar refractivity (Wildman–Crippen MR) is 128 cm³/mol. The first-order valence-electron chi connectivity index (χ1n) is 11.6. The van der Waals surface area contributed by atoms with Crippen molar-refractivity contribution in [1.82, 2.24) is 9.55 Å². The molecular formula is C24H37N3O2Si. The highest BCUT2D eigenvalue weighted by Gasteiger charge is 2.18. The number of anilines is 1. The minimum atomic E-state index is -1.09. The molecule has 1 saturated heterocycles. The monoisotopic (exact) mass is 427 g/mol. The van der Waals surface area contributed by atoms with Gasteiger partial charge in [-0.25, -0.2) is 4.98 Å². The van der Waals surface area contributed by atoms with Gasteiger partial charge in [-0.3, -0.25) is 0 Å². The molecule has 1 fully saturated rings. The summed E-state index contributed by atoms with van der Waals surface area (Å²) in [4.78, 5) is 4.71. The zero-order chi connectivity index (χ0) is 21.0. The van der Waals surface area contributed by atoms with Gasteiger partial charge in [0, 0.05) is 57.3 Å². The van der Waals surface area contributed by atoms with Crippen LogP contribution in [-0.4, -0.2) is 43.5 Å². The Balaban J connectivity index is 1.59. The molecule has 0 unspecified atom stereocenters. The summed E-state index contributed by atoms with van der Waals surface area (Å²) in [6.45, 7) is 10.3. The smallest absolute Gasteiger partial charge is 0.128 e. The molecule has 6 heteroatoms. The van der Waals surface area contributed by atoms with Crippen molar-refractivity contribution in [2.24, 2.45) is 0 Å². The van der Waals surface area contributed by atoms with Crippen LogP contribution >= 0.6 is 0 Å². The van der Waals surface area contributed by atoms with Crippen molar-refractivity contribution >= 4 is 30.4 Å². The second kappa shape index (κ2) is 9.67. The van der Waals surface area contributed by atoms with Crippen LogP contribution in [0, 0.1) is 0 Å². The molecule has 0 spiro atoms. The molecule has 2 aromatic rings.